The number of amides is 1. The van der Waals surface area contributed by atoms with Gasteiger partial charge in [-0.2, -0.15) is 0 Å². The number of aryl methyl sites for hydroxylation is 1. The van der Waals surface area contributed by atoms with E-state index < -0.39 is 0 Å². The zero-order valence-corrected chi connectivity index (χ0v) is 14.1. The first-order valence-corrected chi connectivity index (χ1v) is 8.47. The van der Waals surface area contributed by atoms with Gasteiger partial charge in [-0.3, -0.25) is 4.79 Å². The van der Waals surface area contributed by atoms with Crippen LogP contribution in [0, 0.1) is 0 Å². The fourth-order valence-electron chi connectivity index (χ4n) is 2.19. The molecular formula is C17H20ClNO2S. The molecule has 0 unspecified atom stereocenters. The lowest BCUT2D eigenvalue weighted by molar-refractivity contribution is -0.121. The summed E-state index contributed by atoms with van der Waals surface area (Å²) in [4.78, 5) is 12.9. The van der Waals surface area contributed by atoms with Crippen molar-refractivity contribution < 1.29 is 9.53 Å². The predicted molar refractivity (Wildman–Crippen MR) is 91.5 cm³/mol. The van der Waals surface area contributed by atoms with E-state index in [2.05, 4.69) is 17.4 Å². The summed E-state index contributed by atoms with van der Waals surface area (Å²) >= 11 is 7.40. The molecule has 1 heterocycles. The molecule has 2 rings (SSSR count). The first kappa shape index (κ1) is 17.0. The van der Waals surface area contributed by atoms with Crippen LogP contribution in [-0.4, -0.2) is 19.6 Å². The zero-order valence-electron chi connectivity index (χ0n) is 12.5. The van der Waals surface area contributed by atoms with E-state index in [1.165, 1.54) is 16.9 Å². The summed E-state index contributed by atoms with van der Waals surface area (Å²) in [7, 11) is 1.64. The Kier molecular flexibility index (Phi) is 6.90. The minimum Gasteiger partial charge on any atom is -0.374 e. The zero-order chi connectivity index (χ0) is 15.8. The van der Waals surface area contributed by atoms with E-state index in [9.17, 15) is 4.79 Å². The topological polar surface area (TPSA) is 38.3 Å². The smallest absolute Gasteiger partial charge is 0.220 e. The number of carbonyl (C=O) groups excluding carboxylic acids is 1. The van der Waals surface area contributed by atoms with E-state index in [4.69, 9.17) is 16.3 Å². The third kappa shape index (κ3) is 5.44. The van der Waals surface area contributed by atoms with Gasteiger partial charge in [-0.25, -0.2) is 0 Å². The lowest BCUT2D eigenvalue weighted by Gasteiger charge is -2.14. The summed E-state index contributed by atoms with van der Waals surface area (Å²) in [6, 6.07) is 14.0. The monoisotopic (exact) mass is 337 g/mol. The highest BCUT2D eigenvalue weighted by molar-refractivity contribution is 7.16. The van der Waals surface area contributed by atoms with Crippen LogP contribution in [0.25, 0.3) is 0 Å². The van der Waals surface area contributed by atoms with Gasteiger partial charge in [0.2, 0.25) is 5.91 Å². The molecule has 22 heavy (non-hydrogen) atoms. The molecule has 5 heteroatoms. The molecule has 0 spiro atoms. The van der Waals surface area contributed by atoms with Crippen molar-refractivity contribution in [1.82, 2.24) is 5.32 Å². The molecule has 0 bridgehead atoms. The Morgan fingerprint density at radius 1 is 1.27 bits per heavy atom. The summed E-state index contributed by atoms with van der Waals surface area (Å²) in [5.41, 5.74) is 1.26. The Morgan fingerprint density at radius 2 is 2.05 bits per heavy atom. The first-order valence-electron chi connectivity index (χ1n) is 7.27. The number of ether oxygens (including phenoxy) is 1. The standard InChI is InChI=1S/C17H20ClNO2S/c1-21-14(15-10-11-16(18)22-15)12-19-17(20)9-5-8-13-6-3-2-4-7-13/h2-4,6-7,10-11,14H,5,8-9,12H2,1H3,(H,19,20)/t14-/m0/s1. The van der Waals surface area contributed by atoms with Crippen LogP contribution < -0.4 is 5.32 Å². The fraction of sp³-hybridized carbons (Fsp3) is 0.353. The van der Waals surface area contributed by atoms with E-state index >= 15 is 0 Å². The van der Waals surface area contributed by atoms with Gasteiger partial charge in [-0.15, -0.1) is 11.3 Å². The van der Waals surface area contributed by atoms with Gasteiger partial charge >= 0.3 is 0 Å². The maximum absolute atomic E-state index is 11.9. The third-order valence-corrected chi connectivity index (χ3v) is 4.72. The van der Waals surface area contributed by atoms with Gasteiger partial charge in [0.05, 0.1) is 4.34 Å². The highest BCUT2D eigenvalue weighted by Gasteiger charge is 2.14. The fourth-order valence-corrected chi connectivity index (χ4v) is 3.33. The minimum absolute atomic E-state index is 0.0561. The van der Waals surface area contributed by atoms with Crippen molar-refractivity contribution >= 4 is 28.8 Å². The second-order valence-electron chi connectivity index (χ2n) is 5.01. The Morgan fingerprint density at radius 3 is 2.68 bits per heavy atom. The molecule has 0 saturated carbocycles. The molecule has 0 fully saturated rings. The lowest BCUT2D eigenvalue weighted by atomic mass is 10.1. The average Bonchev–Trinajstić information content (AvgIpc) is 2.95. The number of nitrogens with one attached hydrogen (secondary N) is 1. The second-order valence-corrected chi connectivity index (χ2v) is 6.76. The van der Waals surface area contributed by atoms with Crippen LogP contribution in [0.15, 0.2) is 42.5 Å². The summed E-state index contributed by atoms with van der Waals surface area (Å²) in [6.45, 7) is 0.470. The largest absolute Gasteiger partial charge is 0.374 e. The molecule has 1 N–H and O–H groups in total. The van der Waals surface area contributed by atoms with Crippen LogP contribution in [0.5, 0.6) is 0 Å². The molecule has 2 aromatic rings. The van der Waals surface area contributed by atoms with E-state index in [0.717, 1.165) is 22.1 Å². The highest BCUT2D eigenvalue weighted by Crippen LogP contribution is 2.28. The van der Waals surface area contributed by atoms with Crippen molar-refractivity contribution in [1.29, 1.82) is 0 Å². The van der Waals surface area contributed by atoms with Gasteiger partial charge in [0.25, 0.3) is 0 Å². The van der Waals surface area contributed by atoms with Gasteiger partial charge in [0.15, 0.2) is 0 Å². The average molecular weight is 338 g/mol. The number of rotatable bonds is 8. The molecule has 0 aliphatic carbocycles. The van der Waals surface area contributed by atoms with Crippen molar-refractivity contribution in [3.05, 3.63) is 57.2 Å². The number of hydrogen-bond donors (Lipinski definition) is 1. The summed E-state index contributed by atoms with van der Waals surface area (Å²) in [5.74, 6) is 0.0561. The number of hydrogen-bond acceptors (Lipinski definition) is 3. The van der Waals surface area contributed by atoms with E-state index in [-0.39, 0.29) is 12.0 Å². The van der Waals surface area contributed by atoms with Crippen molar-refractivity contribution in [3.8, 4) is 0 Å². The molecule has 1 aromatic carbocycles. The van der Waals surface area contributed by atoms with Crippen molar-refractivity contribution in [3.63, 3.8) is 0 Å². The Balaban J connectivity index is 1.70. The maximum Gasteiger partial charge on any atom is 0.220 e. The number of methoxy groups -OCH3 is 1. The lowest BCUT2D eigenvalue weighted by Crippen LogP contribution is -2.28. The van der Waals surface area contributed by atoms with Gasteiger partial charge in [0, 0.05) is 25.0 Å². The predicted octanol–water partition coefficient (Wildman–Crippen LogP) is 4.23. The first-order chi connectivity index (χ1) is 10.7. The quantitative estimate of drug-likeness (QED) is 0.783. The molecule has 1 amide bonds. The van der Waals surface area contributed by atoms with Crippen LogP contribution in [0.1, 0.15) is 29.4 Å². The number of halogens is 1. The number of benzene rings is 1. The van der Waals surface area contributed by atoms with E-state index in [1.54, 1.807) is 7.11 Å². The van der Waals surface area contributed by atoms with Gasteiger partial charge in [0.1, 0.15) is 6.10 Å². The molecule has 1 atom stereocenters. The third-order valence-electron chi connectivity index (χ3n) is 3.39. The van der Waals surface area contributed by atoms with E-state index in [1.807, 2.05) is 30.3 Å². The minimum atomic E-state index is -0.143. The molecule has 0 aliphatic heterocycles. The van der Waals surface area contributed by atoms with Crippen LogP contribution in [0.4, 0.5) is 0 Å². The van der Waals surface area contributed by atoms with Gasteiger partial charge < -0.3 is 10.1 Å². The highest BCUT2D eigenvalue weighted by atomic mass is 35.5. The summed E-state index contributed by atoms with van der Waals surface area (Å²) < 4.78 is 6.14. The molecular weight excluding hydrogens is 318 g/mol. The van der Waals surface area contributed by atoms with Crippen LogP contribution >= 0.6 is 22.9 Å². The Hall–Kier alpha value is -1.36. The number of carbonyl (C=O) groups is 1. The van der Waals surface area contributed by atoms with Gasteiger partial charge in [-0.05, 0) is 30.5 Å². The molecule has 118 valence electrons. The van der Waals surface area contributed by atoms with Crippen LogP contribution in [0.3, 0.4) is 0 Å². The normalized spacial score (nSPS) is 12.1. The molecule has 0 saturated heterocycles. The van der Waals surface area contributed by atoms with E-state index in [0.29, 0.717) is 13.0 Å². The molecule has 1 aromatic heterocycles. The van der Waals surface area contributed by atoms with Crippen molar-refractivity contribution in [2.24, 2.45) is 0 Å². The Labute approximate surface area is 140 Å². The maximum atomic E-state index is 11.9. The van der Waals surface area contributed by atoms with Crippen molar-refractivity contribution in [2.75, 3.05) is 13.7 Å². The molecule has 3 nitrogen and oxygen atoms in total. The van der Waals surface area contributed by atoms with Crippen molar-refractivity contribution in [2.45, 2.75) is 25.4 Å². The van der Waals surface area contributed by atoms with Gasteiger partial charge in [-0.1, -0.05) is 41.9 Å². The second kappa shape index (κ2) is 8.93. The number of thiophene rings is 1. The summed E-state index contributed by atoms with van der Waals surface area (Å²) in [5, 5.41) is 2.93. The molecule has 0 radical (unpaired) electrons. The summed E-state index contributed by atoms with van der Waals surface area (Å²) in [6.07, 6.45) is 2.15. The van der Waals surface area contributed by atoms with Crippen LogP contribution in [0.2, 0.25) is 4.34 Å². The molecule has 0 aliphatic rings. The van der Waals surface area contributed by atoms with Crippen LogP contribution in [-0.2, 0) is 16.0 Å². The SMILES string of the molecule is CO[C@@H](CNC(=O)CCCc1ccccc1)c1ccc(Cl)s1. The Bertz CT molecular complexity index is 585.